The summed E-state index contributed by atoms with van der Waals surface area (Å²) in [5.41, 5.74) is 2.65. The second kappa shape index (κ2) is 10.6. The third kappa shape index (κ3) is 4.45. The maximum Gasteiger partial charge on any atom is 0.269 e. The molecule has 4 aromatic rings. The Hall–Kier alpha value is -4.18. The molecule has 1 aliphatic carbocycles. The molecule has 7 rings (SSSR count). The number of aryl methyl sites for hydroxylation is 1. The zero-order chi connectivity index (χ0) is 28.8. The molecule has 0 amide bonds. The van der Waals surface area contributed by atoms with Crippen molar-refractivity contribution in [2.24, 2.45) is 9.74 Å². The van der Waals surface area contributed by atoms with Crippen LogP contribution in [0.3, 0.4) is 0 Å². The highest BCUT2D eigenvalue weighted by Crippen LogP contribution is 2.65. The van der Waals surface area contributed by atoms with E-state index in [2.05, 4.69) is 9.34 Å². The molecular formula is C30H29FN7O3P. The van der Waals surface area contributed by atoms with E-state index in [9.17, 15) is 10.1 Å². The summed E-state index contributed by atoms with van der Waals surface area (Å²) in [5.74, 6) is 0.799. The summed E-state index contributed by atoms with van der Waals surface area (Å²) in [6.07, 6.45) is 1.85. The van der Waals surface area contributed by atoms with Crippen molar-refractivity contribution in [3.63, 3.8) is 0 Å². The number of rotatable bonds is 6. The van der Waals surface area contributed by atoms with Gasteiger partial charge in [0.25, 0.3) is 5.69 Å². The predicted octanol–water partition coefficient (Wildman–Crippen LogP) is 6.10. The van der Waals surface area contributed by atoms with Crippen LogP contribution in [-0.2, 0) is 4.74 Å². The molecule has 3 aromatic carbocycles. The standard InChI is InChI=1S/C30H29FN7O3P/c1-21-28-30(36(33-21)23-7-3-2-4-8-23)32-29(26-9-5-6-10-27(26)31)37(24-15-16-24)42(28,35-17-19-41-20-18-35)34-22-11-13-25(14-12-22)38(39)40/h2-14,24H,15-20H2,1H3/t42-/m1/s1. The van der Waals surface area contributed by atoms with Crippen LogP contribution in [0.25, 0.3) is 5.69 Å². The molecule has 1 saturated heterocycles. The van der Waals surface area contributed by atoms with Crippen molar-refractivity contribution in [1.82, 2.24) is 19.1 Å². The van der Waals surface area contributed by atoms with E-state index >= 15 is 4.39 Å². The third-order valence-electron chi connectivity index (χ3n) is 7.74. The minimum atomic E-state index is -2.94. The zero-order valence-corrected chi connectivity index (χ0v) is 23.9. The van der Waals surface area contributed by atoms with Crippen molar-refractivity contribution in [2.45, 2.75) is 25.8 Å². The summed E-state index contributed by atoms with van der Waals surface area (Å²) in [5, 5.41) is 17.4. The molecule has 0 bridgehead atoms. The number of nitro groups is 1. The molecule has 10 nitrogen and oxygen atoms in total. The van der Waals surface area contributed by atoms with Crippen LogP contribution in [-0.4, -0.2) is 62.2 Å². The Balaban J connectivity index is 1.59. The van der Waals surface area contributed by atoms with Crippen molar-refractivity contribution in [3.8, 4) is 5.69 Å². The highest BCUT2D eigenvalue weighted by molar-refractivity contribution is 7.70. The van der Waals surface area contributed by atoms with Crippen LogP contribution >= 0.6 is 7.36 Å². The minimum absolute atomic E-state index is 0.00206. The fraction of sp³-hybridized carbons (Fsp3) is 0.267. The third-order valence-corrected chi connectivity index (χ3v) is 11.7. The highest BCUT2D eigenvalue weighted by atomic mass is 31.2. The maximum atomic E-state index is 15.6. The molecule has 42 heavy (non-hydrogen) atoms. The Bertz CT molecular complexity index is 1750. The smallest absolute Gasteiger partial charge is 0.269 e. The lowest BCUT2D eigenvalue weighted by Crippen LogP contribution is -2.48. The Morgan fingerprint density at radius 3 is 2.36 bits per heavy atom. The number of morpholine rings is 1. The molecule has 1 saturated carbocycles. The number of halogens is 1. The monoisotopic (exact) mass is 585 g/mol. The first-order valence-corrected chi connectivity index (χ1v) is 15.6. The average Bonchev–Trinajstić information content (AvgIpc) is 3.80. The second-order valence-corrected chi connectivity index (χ2v) is 13.3. The van der Waals surface area contributed by atoms with E-state index in [0.29, 0.717) is 49.2 Å². The van der Waals surface area contributed by atoms with E-state index in [4.69, 9.17) is 19.6 Å². The Labute approximate surface area is 242 Å². The summed E-state index contributed by atoms with van der Waals surface area (Å²) in [4.78, 5) is 16.2. The van der Waals surface area contributed by atoms with Gasteiger partial charge in [0, 0.05) is 31.3 Å². The van der Waals surface area contributed by atoms with Crippen LogP contribution in [0.1, 0.15) is 24.1 Å². The van der Waals surface area contributed by atoms with Crippen LogP contribution in [0.4, 0.5) is 21.6 Å². The molecular weight excluding hydrogens is 556 g/mol. The fourth-order valence-electron chi connectivity index (χ4n) is 5.72. The molecule has 0 spiro atoms. The number of non-ortho nitro benzene ring substituents is 1. The van der Waals surface area contributed by atoms with Gasteiger partial charge in [0.1, 0.15) is 11.7 Å². The van der Waals surface area contributed by atoms with Gasteiger partial charge in [-0.05, 0) is 56.2 Å². The molecule has 214 valence electrons. The topological polar surface area (TPSA) is 101 Å². The molecule has 0 radical (unpaired) electrons. The first kappa shape index (κ1) is 26.7. The summed E-state index contributed by atoms with van der Waals surface area (Å²) < 4.78 is 33.5. The highest BCUT2D eigenvalue weighted by Gasteiger charge is 2.52. The Morgan fingerprint density at radius 1 is 1.00 bits per heavy atom. The second-order valence-electron chi connectivity index (χ2n) is 10.5. The number of aliphatic imine (C=N–C) groups is 1. The normalized spacial score (nSPS) is 20.6. The van der Waals surface area contributed by atoms with E-state index in [1.807, 2.05) is 48.0 Å². The fourth-order valence-corrected chi connectivity index (χ4v) is 9.98. The van der Waals surface area contributed by atoms with Crippen molar-refractivity contribution in [1.29, 1.82) is 0 Å². The number of aromatic nitrogens is 2. The summed E-state index contributed by atoms with van der Waals surface area (Å²) in [6, 6.07) is 23.0. The summed E-state index contributed by atoms with van der Waals surface area (Å²) in [7, 11) is -2.94. The van der Waals surface area contributed by atoms with E-state index in [1.165, 1.54) is 18.2 Å². The Morgan fingerprint density at radius 2 is 1.69 bits per heavy atom. The number of nitrogens with zero attached hydrogens (tertiary/aromatic N) is 7. The molecule has 2 fully saturated rings. The number of para-hydroxylation sites is 1. The van der Waals surface area contributed by atoms with E-state index in [0.717, 1.165) is 29.5 Å². The quantitative estimate of drug-likeness (QED) is 0.154. The van der Waals surface area contributed by atoms with Crippen molar-refractivity contribution in [2.75, 3.05) is 26.3 Å². The predicted molar refractivity (Wildman–Crippen MR) is 160 cm³/mol. The molecule has 0 unspecified atom stereocenters. The lowest BCUT2D eigenvalue weighted by atomic mass is 10.2. The van der Waals surface area contributed by atoms with Crippen LogP contribution in [0, 0.1) is 22.9 Å². The van der Waals surface area contributed by atoms with Gasteiger partial charge in [-0.3, -0.25) is 10.1 Å². The van der Waals surface area contributed by atoms with Crippen molar-refractivity contribution < 1.29 is 14.1 Å². The van der Waals surface area contributed by atoms with Gasteiger partial charge >= 0.3 is 0 Å². The lowest BCUT2D eigenvalue weighted by molar-refractivity contribution is -0.384. The number of ether oxygens (including phenoxy) is 1. The van der Waals surface area contributed by atoms with Gasteiger partial charge in [0.05, 0.1) is 46.1 Å². The first-order chi connectivity index (χ1) is 20.5. The van der Waals surface area contributed by atoms with Gasteiger partial charge < -0.3 is 9.41 Å². The van der Waals surface area contributed by atoms with E-state index in [1.54, 1.807) is 24.3 Å². The molecule has 1 atom stereocenters. The first-order valence-electron chi connectivity index (χ1n) is 14.0. The van der Waals surface area contributed by atoms with Gasteiger partial charge in [-0.1, -0.05) is 30.3 Å². The van der Waals surface area contributed by atoms with E-state index in [-0.39, 0.29) is 17.5 Å². The van der Waals surface area contributed by atoms with Crippen LogP contribution in [0.2, 0.25) is 0 Å². The number of hydrogen-bond acceptors (Lipinski definition) is 6. The average molecular weight is 586 g/mol. The molecule has 12 heteroatoms. The van der Waals surface area contributed by atoms with Gasteiger partial charge in [0.15, 0.2) is 13.2 Å². The van der Waals surface area contributed by atoms with E-state index < -0.39 is 12.3 Å². The summed E-state index contributed by atoms with van der Waals surface area (Å²) in [6.45, 7) is 4.28. The molecule has 2 aliphatic heterocycles. The van der Waals surface area contributed by atoms with Crippen molar-refractivity contribution >= 4 is 35.7 Å². The SMILES string of the molecule is Cc1nn(-c2ccccc2)c2c1[P@@](=Nc1ccc([N+](=O)[O-])cc1)(N1CCOCC1)N(C1CC1)C(c1ccccc1F)=N2. The number of amidine groups is 1. The van der Waals surface area contributed by atoms with Crippen LogP contribution in [0.5, 0.6) is 0 Å². The number of benzene rings is 3. The number of hydrogen-bond donors (Lipinski definition) is 0. The van der Waals surface area contributed by atoms with Gasteiger partial charge in [-0.15, -0.1) is 0 Å². The summed E-state index contributed by atoms with van der Waals surface area (Å²) >= 11 is 0. The molecule has 3 aliphatic rings. The van der Waals surface area contributed by atoms with Gasteiger partial charge in [-0.2, -0.15) is 5.10 Å². The Kier molecular flexibility index (Phi) is 6.73. The van der Waals surface area contributed by atoms with Crippen LogP contribution < -0.4 is 5.30 Å². The lowest BCUT2D eigenvalue weighted by Gasteiger charge is -2.48. The zero-order valence-electron chi connectivity index (χ0n) is 23.0. The van der Waals surface area contributed by atoms with Crippen molar-refractivity contribution in [3.05, 3.63) is 106 Å². The minimum Gasteiger partial charge on any atom is -0.379 e. The van der Waals surface area contributed by atoms with Gasteiger partial charge in [-0.25, -0.2) is 23.5 Å². The molecule has 1 aromatic heterocycles. The van der Waals surface area contributed by atoms with Crippen LogP contribution in [0.15, 0.2) is 88.6 Å². The van der Waals surface area contributed by atoms with Gasteiger partial charge in [0.2, 0.25) is 0 Å². The largest absolute Gasteiger partial charge is 0.379 e. The maximum absolute atomic E-state index is 15.6. The molecule has 3 heterocycles. The number of nitro benzene ring substituents is 1. The number of fused-ring (bicyclic) bond motifs is 1. The molecule has 0 N–H and O–H groups in total.